The van der Waals surface area contributed by atoms with E-state index in [-0.39, 0.29) is 18.5 Å². The molecule has 0 aliphatic heterocycles. The minimum Gasteiger partial charge on any atom is -0.483 e. The van der Waals surface area contributed by atoms with Crippen molar-refractivity contribution in [1.82, 2.24) is 14.8 Å². The van der Waals surface area contributed by atoms with Gasteiger partial charge in [-0.05, 0) is 30.7 Å². The van der Waals surface area contributed by atoms with Gasteiger partial charge in [0.15, 0.2) is 6.61 Å². The summed E-state index contributed by atoms with van der Waals surface area (Å²) in [5.74, 6) is 0.294. The van der Waals surface area contributed by atoms with Crippen molar-refractivity contribution in [3.05, 3.63) is 35.1 Å². The SMILES string of the molecule is Cc1cc(Cl)ccc1OCC(=O)n1cnnc1N. The van der Waals surface area contributed by atoms with Gasteiger partial charge in [0.2, 0.25) is 5.95 Å². The number of rotatable bonds is 3. The number of anilines is 1. The Labute approximate surface area is 108 Å². The number of aromatic nitrogens is 3. The normalized spacial score (nSPS) is 10.3. The van der Waals surface area contributed by atoms with E-state index in [1.54, 1.807) is 18.2 Å². The maximum Gasteiger partial charge on any atom is 0.272 e. The second kappa shape index (κ2) is 5.05. The fourth-order valence-corrected chi connectivity index (χ4v) is 1.65. The molecule has 0 aliphatic carbocycles. The van der Waals surface area contributed by atoms with E-state index in [0.29, 0.717) is 10.8 Å². The number of nitrogen functional groups attached to an aromatic ring is 1. The molecule has 2 N–H and O–H groups in total. The van der Waals surface area contributed by atoms with Crippen molar-refractivity contribution in [2.24, 2.45) is 0 Å². The molecule has 0 aliphatic rings. The summed E-state index contributed by atoms with van der Waals surface area (Å²) in [5, 5.41) is 7.66. The van der Waals surface area contributed by atoms with Gasteiger partial charge in [0.1, 0.15) is 12.1 Å². The zero-order valence-corrected chi connectivity index (χ0v) is 10.4. The first-order valence-corrected chi connectivity index (χ1v) is 5.53. The molecule has 0 saturated carbocycles. The molecule has 0 spiro atoms. The fourth-order valence-electron chi connectivity index (χ4n) is 1.42. The number of ether oxygens (including phenoxy) is 1. The molecule has 0 fully saturated rings. The molecular formula is C11H11ClN4O2. The van der Waals surface area contributed by atoms with Crippen LogP contribution in [0.1, 0.15) is 10.4 Å². The Bertz CT molecular complexity index is 582. The number of nitrogens with zero attached hydrogens (tertiary/aromatic N) is 3. The van der Waals surface area contributed by atoms with Crippen LogP contribution < -0.4 is 10.5 Å². The lowest BCUT2D eigenvalue weighted by Gasteiger charge is -2.08. The molecule has 0 amide bonds. The van der Waals surface area contributed by atoms with Crippen LogP contribution in [0.5, 0.6) is 5.75 Å². The molecule has 0 atom stereocenters. The zero-order chi connectivity index (χ0) is 13.1. The summed E-state index contributed by atoms with van der Waals surface area (Å²) in [7, 11) is 0. The molecule has 18 heavy (non-hydrogen) atoms. The monoisotopic (exact) mass is 266 g/mol. The highest BCUT2D eigenvalue weighted by molar-refractivity contribution is 6.30. The van der Waals surface area contributed by atoms with Crippen LogP contribution in [-0.2, 0) is 0 Å². The number of carbonyl (C=O) groups is 1. The van der Waals surface area contributed by atoms with Gasteiger partial charge in [0, 0.05) is 5.02 Å². The number of benzene rings is 1. The second-order valence-electron chi connectivity index (χ2n) is 3.65. The molecule has 2 rings (SSSR count). The van der Waals surface area contributed by atoms with Gasteiger partial charge in [-0.2, -0.15) is 0 Å². The fraction of sp³-hybridized carbons (Fsp3) is 0.182. The summed E-state index contributed by atoms with van der Waals surface area (Å²) in [6.45, 7) is 1.70. The van der Waals surface area contributed by atoms with Gasteiger partial charge in [-0.15, -0.1) is 10.2 Å². The van der Waals surface area contributed by atoms with Crippen LogP contribution in [0.2, 0.25) is 5.02 Å². The lowest BCUT2D eigenvalue weighted by molar-refractivity contribution is 0.0839. The molecule has 94 valence electrons. The number of carbonyl (C=O) groups excluding carboxylic acids is 1. The number of nitrogens with two attached hydrogens (primary N) is 1. The predicted molar refractivity (Wildman–Crippen MR) is 66.7 cm³/mol. The summed E-state index contributed by atoms with van der Waals surface area (Å²) in [6, 6.07) is 5.16. The quantitative estimate of drug-likeness (QED) is 0.911. The lowest BCUT2D eigenvalue weighted by Crippen LogP contribution is -2.20. The third-order valence-corrected chi connectivity index (χ3v) is 2.57. The summed E-state index contributed by atoms with van der Waals surface area (Å²) < 4.78 is 6.52. The highest BCUT2D eigenvalue weighted by atomic mass is 35.5. The van der Waals surface area contributed by atoms with E-state index in [2.05, 4.69) is 10.2 Å². The first kappa shape index (κ1) is 12.4. The minimum atomic E-state index is -0.341. The Morgan fingerprint density at radius 2 is 2.33 bits per heavy atom. The maximum atomic E-state index is 11.7. The summed E-state index contributed by atoms with van der Waals surface area (Å²) >= 11 is 5.82. The van der Waals surface area contributed by atoms with Crippen LogP contribution >= 0.6 is 11.6 Å². The average molecular weight is 267 g/mol. The average Bonchev–Trinajstić information content (AvgIpc) is 2.74. The van der Waals surface area contributed by atoms with E-state index in [4.69, 9.17) is 22.1 Å². The third-order valence-electron chi connectivity index (χ3n) is 2.33. The van der Waals surface area contributed by atoms with Crippen LogP contribution in [0.15, 0.2) is 24.5 Å². The Kier molecular flexibility index (Phi) is 3.47. The number of hydrogen-bond acceptors (Lipinski definition) is 5. The van der Waals surface area contributed by atoms with Crippen LogP contribution in [0.25, 0.3) is 0 Å². The van der Waals surface area contributed by atoms with E-state index in [1.165, 1.54) is 6.33 Å². The Balaban J connectivity index is 2.04. The van der Waals surface area contributed by atoms with Crippen molar-refractivity contribution in [3.63, 3.8) is 0 Å². The third kappa shape index (κ3) is 2.60. The van der Waals surface area contributed by atoms with E-state index in [9.17, 15) is 4.79 Å². The van der Waals surface area contributed by atoms with Crippen LogP contribution in [0.3, 0.4) is 0 Å². The highest BCUT2D eigenvalue weighted by Crippen LogP contribution is 2.21. The van der Waals surface area contributed by atoms with Gasteiger partial charge in [0.25, 0.3) is 5.91 Å². The van der Waals surface area contributed by atoms with Gasteiger partial charge in [-0.25, -0.2) is 4.57 Å². The maximum absolute atomic E-state index is 11.7. The van der Waals surface area contributed by atoms with Crippen molar-refractivity contribution < 1.29 is 9.53 Å². The summed E-state index contributed by atoms with van der Waals surface area (Å²) in [5.41, 5.74) is 6.31. The van der Waals surface area contributed by atoms with Gasteiger partial charge in [-0.1, -0.05) is 11.6 Å². The Hall–Kier alpha value is -2.08. The topological polar surface area (TPSA) is 83.0 Å². The van der Waals surface area contributed by atoms with Crippen LogP contribution in [-0.4, -0.2) is 27.3 Å². The summed E-state index contributed by atoms with van der Waals surface area (Å²) in [4.78, 5) is 11.7. The lowest BCUT2D eigenvalue weighted by atomic mass is 10.2. The van der Waals surface area contributed by atoms with Crippen molar-refractivity contribution >= 4 is 23.5 Å². The van der Waals surface area contributed by atoms with E-state index >= 15 is 0 Å². The Morgan fingerprint density at radius 3 is 2.94 bits per heavy atom. The molecule has 0 bridgehead atoms. The number of aryl methyl sites for hydroxylation is 1. The van der Waals surface area contributed by atoms with E-state index in [0.717, 1.165) is 10.1 Å². The van der Waals surface area contributed by atoms with Crippen LogP contribution in [0.4, 0.5) is 5.95 Å². The van der Waals surface area contributed by atoms with Crippen molar-refractivity contribution in [2.45, 2.75) is 6.92 Å². The summed E-state index contributed by atoms with van der Waals surface area (Å²) in [6.07, 6.45) is 1.25. The van der Waals surface area contributed by atoms with Crippen molar-refractivity contribution in [2.75, 3.05) is 12.3 Å². The first-order chi connectivity index (χ1) is 8.58. The first-order valence-electron chi connectivity index (χ1n) is 5.15. The van der Waals surface area contributed by atoms with Crippen LogP contribution in [0, 0.1) is 6.92 Å². The molecule has 2 aromatic rings. The number of hydrogen-bond donors (Lipinski definition) is 1. The molecule has 1 aromatic heterocycles. The van der Waals surface area contributed by atoms with E-state index < -0.39 is 0 Å². The largest absolute Gasteiger partial charge is 0.483 e. The molecule has 0 radical (unpaired) electrons. The van der Waals surface area contributed by atoms with Gasteiger partial charge in [0.05, 0.1) is 0 Å². The zero-order valence-electron chi connectivity index (χ0n) is 9.63. The van der Waals surface area contributed by atoms with Crippen molar-refractivity contribution in [3.8, 4) is 5.75 Å². The molecule has 1 heterocycles. The van der Waals surface area contributed by atoms with E-state index in [1.807, 2.05) is 6.92 Å². The molecule has 7 heteroatoms. The molecule has 0 unspecified atom stereocenters. The van der Waals surface area contributed by atoms with Gasteiger partial charge in [-0.3, -0.25) is 4.79 Å². The smallest absolute Gasteiger partial charge is 0.272 e. The van der Waals surface area contributed by atoms with Crippen molar-refractivity contribution in [1.29, 1.82) is 0 Å². The molecule has 0 saturated heterocycles. The van der Waals surface area contributed by atoms with Gasteiger partial charge >= 0.3 is 0 Å². The van der Waals surface area contributed by atoms with Gasteiger partial charge < -0.3 is 10.5 Å². The highest BCUT2D eigenvalue weighted by Gasteiger charge is 2.10. The minimum absolute atomic E-state index is 0.0384. The Morgan fingerprint density at radius 1 is 1.56 bits per heavy atom. The molecule has 6 nitrogen and oxygen atoms in total. The molecule has 1 aromatic carbocycles. The number of halogens is 1. The predicted octanol–water partition coefficient (Wildman–Crippen LogP) is 1.54. The standard InChI is InChI=1S/C11H11ClN4O2/c1-7-4-8(12)2-3-9(7)18-5-10(17)16-6-14-15-11(16)13/h2-4,6H,5H2,1H3,(H2,13,15). The second-order valence-corrected chi connectivity index (χ2v) is 4.09. The molecular weight excluding hydrogens is 256 g/mol.